The number of aromatic carboxylic acids is 1. The van der Waals surface area contributed by atoms with Crippen LogP contribution >= 0.6 is 11.6 Å². The van der Waals surface area contributed by atoms with Gasteiger partial charge in [-0.15, -0.1) is 5.10 Å². The predicted octanol–water partition coefficient (Wildman–Crippen LogP) is 0.409. The number of nitrogens with zero attached hydrogens (tertiary/aromatic N) is 3. The lowest BCUT2D eigenvalue weighted by Gasteiger charge is -1.80. The molecule has 0 aliphatic carbocycles. The Morgan fingerprint density at radius 3 is 3.17 bits per heavy atom. The van der Waals surface area contributed by atoms with E-state index in [4.69, 9.17) is 16.7 Å². The van der Waals surface area contributed by atoms with Crippen LogP contribution in [0, 0.1) is 0 Å². The van der Waals surface area contributed by atoms with E-state index in [9.17, 15) is 4.79 Å². The summed E-state index contributed by atoms with van der Waals surface area (Å²) < 4.78 is 1.34. The Balaban J connectivity index is 2.76. The first-order chi connectivity index (χ1) is 5.68. The van der Waals surface area contributed by atoms with Crippen LogP contribution in [-0.4, -0.2) is 30.9 Å². The second-order valence-corrected chi connectivity index (χ2v) is 2.51. The highest BCUT2D eigenvalue weighted by atomic mass is 35.5. The SMILES string of the molecule is O=C(O)c1n[nH]n2cc(Cl)nc12. The second-order valence-electron chi connectivity index (χ2n) is 2.12. The van der Waals surface area contributed by atoms with Crippen LogP contribution in [0.4, 0.5) is 0 Å². The van der Waals surface area contributed by atoms with E-state index in [0.717, 1.165) is 0 Å². The Morgan fingerprint density at radius 1 is 1.75 bits per heavy atom. The molecule has 62 valence electrons. The van der Waals surface area contributed by atoms with Gasteiger partial charge in [-0.2, -0.15) is 0 Å². The maximum absolute atomic E-state index is 10.5. The first-order valence-corrected chi connectivity index (χ1v) is 3.38. The fourth-order valence-electron chi connectivity index (χ4n) is 0.892. The van der Waals surface area contributed by atoms with E-state index in [0.29, 0.717) is 0 Å². The molecule has 0 amide bonds. The fraction of sp³-hybridized carbons (Fsp3) is 0. The molecule has 2 rings (SSSR count). The molecule has 0 radical (unpaired) electrons. The molecule has 7 heteroatoms. The van der Waals surface area contributed by atoms with Gasteiger partial charge in [-0.05, 0) is 0 Å². The number of aromatic nitrogens is 4. The van der Waals surface area contributed by atoms with Gasteiger partial charge in [0.15, 0.2) is 5.65 Å². The van der Waals surface area contributed by atoms with Gasteiger partial charge in [0, 0.05) is 0 Å². The monoisotopic (exact) mass is 186 g/mol. The zero-order valence-corrected chi connectivity index (χ0v) is 6.41. The molecule has 0 unspecified atom stereocenters. The van der Waals surface area contributed by atoms with Gasteiger partial charge in [0.2, 0.25) is 5.69 Å². The quantitative estimate of drug-likeness (QED) is 0.676. The number of fused-ring (bicyclic) bond motifs is 1. The van der Waals surface area contributed by atoms with E-state index in [1.807, 2.05) is 0 Å². The van der Waals surface area contributed by atoms with Crippen LogP contribution in [0.5, 0.6) is 0 Å². The average Bonchev–Trinajstić information content (AvgIpc) is 2.43. The van der Waals surface area contributed by atoms with Crippen molar-refractivity contribution < 1.29 is 9.90 Å². The number of aromatic amines is 1. The topological polar surface area (TPSA) is 83.3 Å². The van der Waals surface area contributed by atoms with Gasteiger partial charge in [-0.25, -0.2) is 19.5 Å². The van der Waals surface area contributed by atoms with E-state index in [1.54, 1.807) is 0 Å². The van der Waals surface area contributed by atoms with Crippen molar-refractivity contribution in [2.75, 3.05) is 0 Å². The molecule has 2 aromatic heterocycles. The lowest BCUT2D eigenvalue weighted by molar-refractivity contribution is 0.0692. The van der Waals surface area contributed by atoms with E-state index in [2.05, 4.69) is 15.3 Å². The summed E-state index contributed by atoms with van der Waals surface area (Å²) in [6.45, 7) is 0. The minimum atomic E-state index is -1.14. The molecule has 0 aliphatic heterocycles. The Labute approximate surface area is 70.8 Å². The van der Waals surface area contributed by atoms with Crippen molar-refractivity contribution in [2.45, 2.75) is 0 Å². The van der Waals surface area contributed by atoms with Crippen LogP contribution in [0.3, 0.4) is 0 Å². The van der Waals surface area contributed by atoms with Crippen LogP contribution in [0.2, 0.25) is 5.15 Å². The van der Waals surface area contributed by atoms with Crippen molar-refractivity contribution in [3.05, 3.63) is 17.0 Å². The van der Waals surface area contributed by atoms with Gasteiger partial charge in [0.1, 0.15) is 5.15 Å². The number of rotatable bonds is 1. The van der Waals surface area contributed by atoms with E-state index in [1.165, 1.54) is 10.7 Å². The normalized spacial score (nSPS) is 10.8. The molecular weight excluding hydrogens is 184 g/mol. The number of carboxylic acids is 1. The third-order valence-electron chi connectivity index (χ3n) is 1.36. The predicted molar refractivity (Wildman–Crippen MR) is 39.3 cm³/mol. The molecule has 0 atom stereocenters. The number of nitrogens with one attached hydrogen (secondary N) is 1. The standard InChI is InChI=1S/C5H3ClN4O2/c6-2-1-10-4(7-2)3(5(11)12)8-9-10/h1,9H,(H,11,12). The smallest absolute Gasteiger partial charge is 0.360 e. The van der Waals surface area contributed by atoms with Crippen LogP contribution in [0.1, 0.15) is 10.5 Å². The first kappa shape index (κ1) is 7.11. The molecule has 0 aromatic carbocycles. The summed E-state index contributed by atoms with van der Waals surface area (Å²) in [6, 6.07) is 0. The van der Waals surface area contributed by atoms with Gasteiger partial charge in [0.25, 0.3) is 0 Å². The molecule has 0 saturated heterocycles. The summed E-state index contributed by atoms with van der Waals surface area (Å²) in [5.74, 6) is -1.14. The number of carboxylic acid groups (broad SMARTS) is 1. The largest absolute Gasteiger partial charge is 0.476 e. The van der Waals surface area contributed by atoms with Crippen molar-refractivity contribution in [1.29, 1.82) is 0 Å². The molecule has 0 bridgehead atoms. The van der Waals surface area contributed by atoms with Crippen LogP contribution < -0.4 is 0 Å². The Kier molecular flexibility index (Phi) is 1.31. The molecule has 0 aliphatic rings. The third-order valence-corrected chi connectivity index (χ3v) is 1.54. The highest BCUT2D eigenvalue weighted by molar-refractivity contribution is 6.29. The maximum atomic E-state index is 10.5. The van der Waals surface area contributed by atoms with Crippen molar-refractivity contribution >= 4 is 23.2 Å². The number of imidazole rings is 1. The van der Waals surface area contributed by atoms with E-state index in [-0.39, 0.29) is 16.5 Å². The number of halogens is 1. The lowest BCUT2D eigenvalue weighted by atomic mass is 10.5. The lowest BCUT2D eigenvalue weighted by Crippen LogP contribution is -1.97. The Bertz CT molecular complexity index is 445. The van der Waals surface area contributed by atoms with Crippen LogP contribution in [0.15, 0.2) is 6.20 Å². The summed E-state index contributed by atoms with van der Waals surface area (Å²) in [7, 11) is 0. The summed E-state index contributed by atoms with van der Waals surface area (Å²) in [5.41, 5.74) is 0.0781. The van der Waals surface area contributed by atoms with Crippen molar-refractivity contribution in [2.24, 2.45) is 0 Å². The minimum Gasteiger partial charge on any atom is -0.476 e. The van der Waals surface area contributed by atoms with E-state index >= 15 is 0 Å². The molecule has 0 fully saturated rings. The second kappa shape index (κ2) is 2.21. The molecule has 0 saturated carbocycles. The highest BCUT2D eigenvalue weighted by Gasteiger charge is 2.14. The zero-order valence-electron chi connectivity index (χ0n) is 5.65. The van der Waals surface area contributed by atoms with Gasteiger partial charge >= 0.3 is 5.97 Å². The zero-order chi connectivity index (χ0) is 8.72. The molecule has 2 aromatic rings. The van der Waals surface area contributed by atoms with Crippen molar-refractivity contribution in [3.63, 3.8) is 0 Å². The van der Waals surface area contributed by atoms with Crippen molar-refractivity contribution in [1.82, 2.24) is 19.8 Å². The van der Waals surface area contributed by atoms with E-state index < -0.39 is 5.97 Å². The molecule has 2 N–H and O–H groups in total. The summed E-state index contributed by atoms with van der Waals surface area (Å²) in [5, 5.41) is 14.8. The molecule has 2 heterocycles. The molecule has 12 heavy (non-hydrogen) atoms. The Morgan fingerprint density at radius 2 is 2.50 bits per heavy atom. The van der Waals surface area contributed by atoms with Crippen LogP contribution in [0.25, 0.3) is 5.65 Å². The first-order valence-electron chi connectivity index (χ1n) is 3.01. The third kappa shape index (κ3) is 0.850. The van der Waals surface area contributed by atoms with Gasteiger partial charge in [-0.1, -0.05) is 11.6 Å². The average molecular weight is 187 g/mol. The van der Waals surface area contributed by atoms with Gasteiger partial charge < -0.3 is 5.11 Å². The highest BCUT2D eigenvalue weighted by Crippen LogP contribution is 2.10. The molecule has 6 nitrogen and oxygen atoms in total. The summed E-state index contributed by atoms with van der Waals surface area (Å²) in [6.07, 6.45) is 1.44. The molecule has 0 spiro atoms. The molecular formula is C5H3ClN4O2. The summed E-state index contributed by atoms with van der Waals surface area (Å²) in [4.78, 5) is 14.3. The van der Waals surface area contributed by atoms with Gasteiger partial charge in [0.05, 0.1) is 6.20 Å². The van der Waals surface area contributed by atoms with Crippen molar-refractivity contribution in [3.8, 4) is 0 Å². The summed E-state index contributed by atoms with van der Waals surface area (Å²) >= 11 is 5.53. The Hall–Kier alpha value is -1.56. The number of carbonyl (C=O) groups is 1. The minimum absolute atomic E-state index is 0.137. The number of H-pyrrole nitrogens is 1. The van der Waals surface area contributed by atoms with Gasteiger partial charge in [-0.3, -0.25) is 0 Å². The van der Waals surface area contributed by atoms with Crippen LogP contribution in [-0.2, 0) is 0 Å². The fourth-order valence-corrected chi connectivity index (χ4v) is 1.07. The number of hydrogen-bond donors (Lipinski definition) is 2. The number of hydrogen-bond acceptors (Lipinski definition) is 3. The maximum Gasteiger partial charge on any atom is 0.360 e.